The van der Waals surface area contributed by atoms with E-state index in [0.29, 0.717) is 11.1 Å². The van der Waals surface area contributed by atoms with Crippen molar-refractivity contribution >= 4 is 11.6 Å². The summed E-state index contributed by atoms with van der Waals surface area (Å²) in [5.74, 6) is -0.238. The number of benzene rings is 2. The number of nitrogens with one attached hydrogen (secondary N) is 1. The second kappa shape index (κ2) is 6.18. The minimum absolute atomic E-state index is 0.238. The van der Waals surface area contributed by atoms with Crippen LogP contribution in [0.5, 0.6) is 0 Å². The van der Waals surface area contributed by atoms with Gasteiger partial charge in [0.2, 0.25) is 0 Å². The van der Waals surface area contributed by atoms with Crippen LogP contribution in [-0.2, 0) is 6.54 Å². The number of hydrogen-bond donors (Lipinski definition) is 1. The Labute approximate surface area is 118 Å². The molecule has 0 atom stereocenters. The molecular weight excluding hydrogens is 261 g/mol. The number of rotatable bonds is 4. The first-order chi connectivity index (χ1) is 9.06. The molecule has 0 heterocycles. The molecule has 0 saturated carbocycles. The average Bonchev–Trinajstić information content (AvgIpc) is 2.38. The molecule has 0 aliphatic rings. The standard InChI is InChI=1S/C16H17ClFN/c1-11(2)19-10-12-3-8-15(16(17)9-12)13-4-6-14(18)7-5-13/h3-9,11,19H,10H2,1-2H3. The lowest BCUT2D eigenvalue weighted by atomic mass is 10.0. The van der Waals surface area contributed by atoms with Crippen LogP contribution in [-0.4, -0.2) is 6.04 Å². The van der Waals surface area contributed by atoms with Crippen LogP contribution in [0.25, 0.3) is 11.1 Å². The molecule has 1 N–H and O–H groups in total. The Bertz CT molecular complexity index is 549. The molecule has 2 aromatic rings. The van der Waals surface area contributed by atoms with E-state index in [4.69, 9.17) is 11.6 Å². The third kappa shape index (κ3) is 3.79. The smallest absolute Gasteiger partial charge is 0.123 e. The van der Waals surface area contributed by atoms with Crippen LogP contribution in [0.1, 0.15) is 19.4 Å². The van der Waals surface area contributed by atoms with E-state index < -0.39 is 0 Å². The highest BCUT2D eigenvalue weighted by atomic mass is 35.5. The van der Waals surface area contributed by atoms with Gasteiger partial charge in [-0.15, -0.1) is 0 Å². The predicted molar refractivity (Wildman–Crippen MR) is 78.8 cm³/mol. The Kier molecular flexibility index (Phi) is 4.56. The predicted octanol–water partition coefficient (Wildman–Crippen LogP) is 4.64. The lowest BCUT2D eigenvalue weighted by Crippen LogP contribution is -2.21. The van der Waals surface area contributed by atoms with E-state index >= 15 is 0 Å². The third-order valence-corrected chi connectivity index (χ3v) is 3.22. The summed E-state index contributed by atoms with van der Waals surface area (Å²) < 4.78 is 12.9. The summed E-state index contributed by atoms with van der Waals surface area (Å²) in [6.45, 7) is 5.00. The SMILES string of the molecule is CC(C)NCc1ccc(-c2ccc(F)cc2)c(Cl)c1. The minimum atomic E-state index is -0.238. The van der Waals surface area contributed by atoms with Gasteiger partial charge in [0.25, 0.3) is 0 Å². The highest BCUT2D eigenvalue weighted by Gasteiger charge is 2.05. The van der Waals surface area contributed by atoms with Crippen LogP contribution >= 0.6 is 11.6 Å². The molecule has 0 bridgehead atoms. The molecule has 0 unspecified atom stereocenters. The lowest BCUT2D eigenvalue weighted by Gasteiger charge is -2.10. The normalized spacial score (nSPS) is 11.0. The van der Waals surface area contributed by atoms with Crippen molar-refractivity contribution in [1.29, 1.82) is 0 Å². The van der Waals surface area contributed by atoms with E-state index in [1.807, 2.05) is 18.2 Å². The summed E-state index contributed by atoms with van der Waals surface area (Å²) in [6.07, 6.45) is 0. The van der Waals surface area contributed by atoms with Crippen LogP contribution in [0.4, 0.5) is 4.39 Å². The van der Waals surface area contributed by atoms with Gasteiger partial charge in [-0.3, -0.25) is 0 Å². The van der Waals surface area contributed by atoms with Crippen LogP contribution in [0.3, 0.4) is 0 Å². The van der Waals surface area contributed by atoms with Crippen molar-refractivity contribution in [1.82, 2.24) is 5.32 Å². The molecule has 100 valence electrons. The highest BCUT2D eigenvalue weighted by Crippen LogP contribution is 2.28. The number of halogens is 2. The number of hydrogen-bond acceptors (Lipinski definition) is 1. The topological polar surface area (TPSA) is 12.0 Å². The van der Waals surface area contributed by atoms with E-state index in [1.165, 1.54) is 12.1 Å². The Hall–Kier alpha value is -1.38. The zero-order valence-electron chi connectivity index (χ0n) is 11.1. The summed E-state index contributed by atoms with van der Waals surface area (Å²) in [6, 6.07) is 12.8. The summed E-state index contributed by atoms with van der Waals surface area (Å²) in [5, 5.41) is 4.04. The molecule has 2 aromatic carbocycles. The van der Waals surface area contributed by atoms with E-state index in [2.05, 4.69) is 19.2 Å². The second-order valence-electron chi connectivity index (χ2n) is 4.86. The van der Waals surface area contributed by atoms with Gasteiger partial charge in [-0.05, 0) is 29.3 Å². The lowest BCUT2D eigenvalue weighted by molar-refractivity contribution is 0.589. The van der Waals surface area contributed by atoms with Crippen molar-refractivity contribution in [2.75, 3.05) is 0 Å². The first kappa shape index (κ1) is 14.0. The Morgan fingerprint density at radius 2 is 1.79 bits per heavy atom. The first-order valence-electron chi connectivity index (χ1n) is 6.34. The van der Waals surface area contributed by atoms with Crippen molar-refractivity contribution < 1.29 is 4.39 Å². The van der Waals surface area contributed by atoms with E-state index in [1.54, 1.807) is 12.1 Å². The molecular formula is C16H17ClFN. The molecule has 1 nitrogen and oxygen atoms in total. The maximum absolute atomic E-state index is 12.9. The maximum atomic E-state index is 12.9. The van der Waals surface area contributed by atoms with Gasteiger partial charge in [0.15, 0.2) is 0 Å². The Morgan fingerprint density at radius 3 is 2.37 bits per heavy atom. The summed E-state index contributed by atoms with van der Waals surface area (Å²) in [7, 11) is 0. The molecule has 0 aliphatic carbocycles. The van der Waals surface area contributed by atoms with Crippen molar-refractivity contribution in [2.45, 2.75) is 26.4 Å². The summed E-state index contributed by atoms with van der Waals surface area (Å²) in [4.78, 5) is 0. The van der Waals surface area contributed by atoms with E-state index in [9.17, 15) is 4.39 Å². The van der Waals surface area contributed by atoms with Crippen molar-refractivity contribution in [3.8, 4) is 11.1 Å². The highest BCUT2D eigenvalue weighted by molar-refractivity contribution is 6.33. The minimum Gasteiger partial charge on any atom is -0.310 e. The monoisotopic (exact) mass is 277 g/mol. The molecule has 0 radical (unpaired) electrons. The van der Waals surface area contributed by atoms with Gasteiger partial charge in [-0.2, -0.15) is 0 Å². The van der Waals surface area contributed by atoms with Gasteiger partial charge in [-0.25, -0.2) is 4.39 Å². The molecule has 0 fully saturated rings. The van der Waals surface area contributed by atoms with Crippen LogP contribution in [0, 0.1) is 5.82 Å². The van der Waals surface area contributed by atoms with Gasteiger partial charge in [0, 0.05) is 23.2 Å². The maximum Gasteiger partial charge on any atom is 0.123 e. The van der Waals surface area contributed by atoms with Gasteiger partial charge in [-0.1, -0.05) is 49.7 Å². The third-order valence-electron chi connectivity index (χ3n) is 2.90. The molecule has 0 aromatic heterocycles. The van der Waals surface area contributed by atoms with Crippen LogP contribution in [0.15, 0.2) is 42.5 Å². The zero-order chi connectivity index (χ0) is 13.8. The van der Waals surface area contributed by atoms with Crippen LogP contribution in [0.2, 0.25) is 5.02 Å². The quantitative estimate of drug-likeness (QED) is 0.858. The average molecular weight is 278 g/mol. The van der Waals surface area contributed by atoms with Gasteiger partial charge in [0.05, 0.1) is 0 Å². The van der Waals surface area contributed by atoms with E-state index in [-0.39, 0.29) is 5.82 Å². The fourth-order valence-corrected chi connectivity index (χ4v) is 2.17. The van der Waals surface area contributed by atoms with Crippen molar-refractivity contribution in [2.24, 2.45) is 0 Å². The van der Waals surface area contributed by atoms with E-state index in [0.717, 1.165) is 23.2 Å². The van der Waals surface area contributed by atoms with Crippen LogP contribution < -0.4 is 5.32 Å². The molecule has 0 saturated heterocycles. The summed E-state index contributed by atoms with van der Waals surface area (Å²) >= 11 is 6.30. The summed E-state index contributed by atoms with van der Waals surface area (Å²) in [5.41, 5.74) is 2.99. The molecule has 2 rings (SSSR count). The Balaban J connectivity index is 2.21. The Morgan fingerprint density at radius 1 is 1.11 bits per heavy atom. The molecule has 3 heteroatoms. The fourth-order valence-electron chi connectivity index (χ4n) is 1.85. The second-order valence-corrected chi connectivity index (χ2v) is 5.26. The fraction of sp³-hybridized carbons (Fsp3) is 0.250. The molecule has 19 heavy (non-hydrogen) atoms. The first-order valence-corrected chi connectivity index (χ1v) is 6.72. The largest absolute Gasteiger partial charge is 0.310 e. The molecule has 0 aliphatic heterocycles. The van der Waals surface area contributed by atoms with Gasteiger partial charge in [0.1, 0.15) is 5.82 Å². The molecule has 0 spiro atoms. The molecule has 0 amide bonds. The van der Waals surface area contributed by atoms with Crippen molar-refractivity contribution in [3.05, 3.63) is 58.9 Å². The zero-order valence-corrected chi connectivity index (χ0v) is 11.8. The van der Waals surface area contributed by atoms with Gasteiger partial charge >= 0.3 is 0 Å². The van der Waals surface area contributed by atoms with Gasteiger partial charge < -0.3 is 5.32 Å². The van der Waals surface area contributed by atoms with Crippen molar-refractivity contribution in [3.63, 3.8) is 0 Å².